The number of fused-ring (bicyclic) bond motifs is 1. The zero-order valence-electron chi connectivity index (χ0n) is 12.1. The zero-order valence-corrected chi connectivity index (χ0v) is 12.1. The van der Waals surface area contributed by atoms with Gasteiger partial charge in [0.1, 0.15) is 18.3 Å². The van der Waals surface area contributed by atoms with Gasteiger partial charge in [-0.05, 0) is 12.1 Å². The van der Waals surface area contributed by atoms with E-state index in [1.54, 1.807) is 0 Å². The van der Waals surface area contributed by atoms with Crippen LogP contribution in [0.3, 0.4) is 0 Å². The summed E-state index contributed by atoms with van der Waals surface area (Å²) >= 11 is 0. The molecule has 0 atom stereocenters. The first kappa shape index (κ1) is 13.4. The number of aromatic amines is 1. The molecule has 108 valence electrons. The maximum Gasteiger partial charge on any atom is 0.142 e. The van der Waals surface area contributed by atoms with Crippen molar-refractivity contribution in [3.05, 3.63) is 24.0 Å². The van der Waals surface area contributed by atoms with Crippen molar-refractivity contribution >= 4 is 11.0 Å². The molecular weight excluding hydrogens is 252 g/mol. The van der Waals surface area contributed by atoms with Crippen LogP contribution in [0.25, 0.3) is 11.0 Å². The lowest BCUT2D eigenvalue weighted by molar-refractivity contribution is 0.113. The van der Waals surface area contributed by atoms with E-state index in [-0.39, 0.29) is 0 Å². The molecule has 0 aliphatic carbocycles. The summed E-state index contributed by atoms with van der Waals surface area (Å²) in [4.78, 5) is 10.2. The second-order valence-electron chi connectivity index (χ2n) is 5.60. The minimum Gasteiger partial charge on any atom is -0.478 e. The summed E-state index contributed by atoms with van der Waals surface area (Å²) in [5, 5.41) is 3.34. The Kier molecular flexibility index (Phi) is 3.89. The van der Waals surface area contributed by atoms with E-state index < -0.39 is 0 Å². The van der Waals surface area contributed by atoms with Crippen molar-refractivity contribution in [3.8, 4) is 5.75 Å². The lowest BCUT2D eigenvalue weighted by Gasteiger charge is -2.26. The minimum absolute atomic E-state index is 0.410. The van der Waals surface area contributed by atoms with Gasteiger partial charge in [-0.25, -0.2) is 4.98 Å². The number of hydrogen-bond acceptors (Lipinski definition) is 4. The van der Waals surface area contributed by atoms with Gasteiger partial charge in [-0.15, -0.1) is 0 Å². The van der Waals surface area contributed by atoms with Gasteiger partial charge in [-0.2, -0.15) is 0 Å². The molecule has 0 spiro atoms. The van der Waals surface area contributed by atoms with Crippen LogP contribution in [-0.2, 0) is 0 Å². The Morgan fingerprint density at radius 2 is 2.10 bits per heavy atom. The number of nitrogens with one attached hydrogen (secondary N) is 2. The first-order chi connectivity index (χ1) is 9.72. The van der Waals surface area contributed by atoms with E-state index in [1.807, 2.05) is 18.2 Å². The number of piperazine rings is 1. The van der Waals surface area contributed by atoms with Crippen LogP contribution in [0.4, 0.5) is 0 Å². The van der Waals surface area contributed by atoms with Crippen molar-refractivity contribution in [2.24, 2.45) is 0 Å². The van der Waals surface area contributed by atoms with Gasteiger partial charge in [0, 0.05) is 38.2 Å². The normalized spacial score (nSPS) is 16.9. The lowest BCUT2D eigenvalue weighted by atomic mass is 10.2. The standard InChI is InChI=1S/C15H22N4O/c1-11(2)15-17-13-4-3-12(9-14(13)18-15)20-10-19-7-5-16-6-8-19/h3-4,9,11,16H,5-8,10H2,1-2H3,(H,17,18). The van der Waals surface area contributed by atoms with Crippen LogP contribution in [0, 0.1) is 0 Å². The number of H-pyrrole nitrogens is 1. The van der Waals surface area contributed by atoms with Gasteiger partial charge in [-0.3, -0.25) is 4.90 Å². The first-order valence-electron chi connectivity index (χ1n) is 7.28. The van der Waals surface area contributed by atoms with Crippen molar-refractivity contribution in [1.29, 1.82) is 0 Å². The summed E-state index contributed by atoms with van der Waals surface area (Å²) in [7, 11) is 0. The minimum atomic E-state index is 0.410. The molecule has 20 heavy (non-hydrogen) atoms. The number of nitrogens with zero attached hydrogens (tertiary/aromatic N) is 2. The Hall–Kier alpha value is -1.59. The molecule has 1 fully saturated rings. The number of hydrogen-bond donors (Lipinski definition) is 2. The molecule has 0 radical (unpaired) electrons. The molecule has 2 N–H and O–H groups in total. The predicted molar refractivity (Wildman–Crippen MR) is 80.1 cm³/mol. The molecule has 1 aliphatic rings. The Morgan fingerprint density at radius 1 is 1.30 bits per heavy atom. The summed E-state index contributed by atoms with van der Waals surface area (Å²) in [6, 6.07) is 6.05. The maximum absolute atomic E-state index is 5.87. The second kappa shape index (κ2) is 5.81. The van der Waals surface area contributed by atoms with Crippen molar-refractivity contribution in [1.82, 2.24) is 20.2 Å². The Labute approximate surface area is 119 Å². The van der Waals surface area contributed by atoms with Gasteiger partial charge in [-0.1, -0.05) is 13.8 Å². The van der Waals surface area contributed by atoms with Crippen LogP contribution in [0.2, 0.25) is 0 Å². The predicted octanol–water partition coefficient (Wildman–Crippen LogP) is 1.93. The molecule has 1 aromatic heterocycles. The lowest BCUT2D eigenvalue weighted by Crippen LogP contribution is -2.44. The molecule has 2 aromatic rings. The molecule has 5 heteroatoms. The summed E-state index contributed by atoms with van der Waals surface area (Å²) in [6.45, 7) is 9.10. The third-order valence-corrected chi connectivity index (χ3v) is 3.64. The fourth-order valence-corrected chi connectivity index (χ4v) is 2.38. The maximum atomic E-state index is 5.87. The monoisotopic (exact) mass is 274 g/mol. The van der Waals surface area contributed by atoms with Crippen LogP contribution < -0.4 is 10.1 Å². The van der Waals surface area contributed by atoms with E-state index in [0.29, 0.717) is 12.6 Å². The molecule has 1 aliphatic heterocycles. The van der Waals surface area contributed by atoms with Crippen molar-refractivity contribution in [2.75, 3.05) is 32.9 Å². The van der Waals surface area contributed by atoms with E-state index in [2.05, 4.69) is 34.0 Å². The third-order valence-electron chi connectivity index (χ3n) is 3.64. The van der Waals surface area contributed by atoms with Gasteiger partial charge in [0.05, 0.1) is 11.0 Å². The van der Waals surface area contributed by atoms with Crippen molar-refractivity contribution in [3.63, 3.8) is 0 Å². The van der Waals surface area contributed by atoms with Crippen LogP contribution in [0.1, 0.15) is 25.6 Å². The molecular formula is C15H22N4O. The van der Waals surface area contributed by atoms with E-state index in [9.17, 15) is 0 Å². The Balaban J connectivity index is 1.68. The van der Waals surface area contributed by atoms with Crippen LogP contribution in [-0.4, -0.2) is 47.8 Å². The van der Waals surface area contributed by atoms with E-state index in [0.717, 1.165) is 48.8 Å². The highest BCUT2D eigenvalue weighted by Gasteiger charge is 2.11. The number of aromatic nitrogens is 2. The number of benzene rings is 1. The van der Waals surface area contributed by atoms with Crippen LogP contribution in [0.15, 0.2) is 18.2 Å². The molecule has 0 saturated carbocycles. The van der Waals surface area contributed by atoms with Crippen molar-refractivity contribution in [2.45, 2.75) is 19.8 Å². The largest absolute Gasteiger partial charge is 0.478 e. The fourth-order valence-electron chi connectivity index (χ4n) is 2.38. The Morgan fingerprint density at radius 3 is 2.85 bits per heavy atom. The Bertz CT molecular complexity index is 572. The molecule has 5 nitrogen and oxygen atoms in total. The summed E-state index contributed by atoms with van der Waals surface area (Å²) < 4.78 is 5.87. The van der Waals surface area contributed by atoms with E-state index in [1.165, 1.54) is 0 Å². The highest BCUT2D eigenvalue weighted by molar-refractivity contribution is 5.76. The summed E-state index contributed by atoms with van der Waals surface area (Å²) in [6.07, 6.45) is 0. The van der Waals surface area contributed by atoms with Gasteiger partial charge in [0.15, 0.2) is 0 Å². The van der Waals surface area contributed by atoms with Gasteiger partial charge in [0.25, 0.3) is 0 Å². The molecule has 0 unspecified atom stereocenters. The third kappa shape index (κ3) is 2.94. The zero-order chi connectivity index (χ0) is 13.9. The van der Waals surface area contributed by atoms with E-state index in [4.69, 9.17) is 4.74 Å². The smallest absolute Gasteiger partial charge is 0.142 e. The molecule has 1 saturated heterocycles. The number of rotatable bonds is 4. The number of imidazole rings is 1. The fraction of sp³-hybridized carbons (Fsp3) is 0.533. The highest BCUT2D eigenvalue weighted by Crippen LogP contribution is 2.21. The summed E-state index contributed by atoms with van der Waals surface area (Å²) in [5.41, 5.74) is 2.05. The van der Waals surface area contributed by atoms with Crippen LogP contribution >= 0.6 is 0 Å². The quantitative estimate of drug-likeness (QED) is 0.894. The van der Waals surface area contributed by atoms with Crippen molar-refractivity contribution < 1.29 is 4.74 Å². The van der Waals surface area contributed by atoms with Gasteiger partial charge in [0.2, 0.25) is 0 Å². The average molecular weight is 274 g/mol. The number of ether oxygens (including phenoxy) is 1. The summed E-state index contributed by atoms with van der Waals surface area (Å²) in [5.74, 6) is 2.34. The van der Waals surface area contributed by atoms with Gasteiger partial charge >= 0.3 is 0 Å². The van der Waals surface area contributed by atoms with E-state index >= 15 is 0 Å². The van der Waals surface area contributed by atoms with Crippen LogP contribution in [0.5, 0.6) is 5.75 Å². The highest BCUT2D eigenvalue weighted by atomic mass is 16.5. The SMILES string of the molecule is CC(C)c1nc2ccc(OCN3CCNCC3)cc2[nH]1. The molecule has 2 heterocycles. The molecule has 0 amide bonds. The molecule has 1 aromatic carbocycles. The molecule has 0 bridgehead atoms. The first-order valence-corrected chi connectivity index (χ1v) is 7.28. The molecule has 3 rings (SSSR count). The second-order valence-corrected chi connectivity index (χ2v) is 5.60. The van der Waals surface area contributed by atoms with Gasteiger partial charge < -0.3 is 15.0 Å². The average Bonchev–Trinajstić information content (AvgIpc) is 2.89. The topological polar surface area (TPSA) is 53.2 Å².